The van der Waals surface area contributed by atoms with Gasteiger partial charge < -0.3 is 5.43 Å². The lowest BCUT2D eigenvalue weighted by atomic mass is 10.8. The summed E-state index contributed by atoms with van der Waals surface area (Å²) in [7, 11) is 0. The lowest BCUT2D eigenvalue weighted by Gasteiger charge is -1.86. The molecule has 0 bridgehead atoms. The van der Waals surface area contributed by atoms with Gasteiger partial charge in [0.25, 0.3) is 0 Å². The van der Waals surface area contributed by atoms with E-state index in [1.165, 1.54) is 0 Å². The summed E-state index contributed by atoms with van der Waals surface area (Å²) >= 11 is 1.58. The fourth-order valence-electron chi connectivity index (χ4n) is 0.430. The van der Waals surface area contributed by atoms with Crippen molar-refractivity contribution in [2.75, 3.05) is 5.43 Å². The molecule has 0 unspecified atom stereocenters. The highest BCUT2D eigenvalue weighted by molar-refractivity contribution is 7.09. The topological polar surface area (TPSA) is 50.9 Å². The third-order valence-corrected chi connectivity index (χ3v) is 1.54. The zero-order chi connectivity index (χ0) is 5.98. The third kappa shape index (κ3) is 0.962. The SMILES string of the molecule is Cc1nc(NN)cs1. The van der Waals surface area contributed by atoms with Gasteiger partial charge in [-0.15, -0.1) is 11.3 Å². The molecule has 3 N–H and O–H groups in total. The molecule has 1 aromatic rings. The van der Waals surface area contributed by atoms with Crippen LogP contribution in [0.15, 0.2) is 5.38 Å². The Morgan fingerprint density at radius 1 is 1.88 bits per heavy atom. The van der Waals surface area contributed by atoms with Crippen LogP contribution in [0.5, 0.6) is 0 Å². The molecule has 0 saturated heterocycles. The molecule has 0 saturated carbocycles. The number of nitrogens with zero attached hydrogens (tertiary/aromatic N) is 1. The maximum atomic E-state index is 5.06. The number of nitrogen functional groups attached to an aromatic ring is 1. The van der Waals surface area contributed by atoms with Gasteiger partial charge in [-0.3, -0.25) is 0 Å². The molecule has 0 aliphatic carbocycles. The van der Waals surface area contributed by atoms with Gasteiger partial charge in [0.2, 0.25) is 0 Å². The van der Waals surface area contributed by atoms with Gasteiger partial charge >= 0.3 is 0 Å². The minimum Gasteiger partial charge on any atom is -0.308 e. The molecule has 0 aromatic carbocycles. The monoisotopic (exact) mass is 129 g/mol. The average Bonchev–Trinajstić information content (AvgIpc) is 2.14. The van der Waals surface area contributed by atoms with Crippen molar-refractivity contribution in [1.82, 2.24) is 4.98 Å². The van der Waals surface area contributed by atoms with Gasteiger partial charge in [-0.1, -0.05) is 0 Å². The maximum absolute atomic E-state index is 5.06. The van der Waals surface area contributed by atoms with Crippen LogP contribution in [-0.2, 0) is 0 Å². The average molecular weight is 129 g/mol. The first-order valence-corrected chi connectivity index (χ1v) is 3.09. The quantitative estimate of drug-likeness (QED) is 0.434. The maximum Gasteiger partial charge on any atom is 0.151 e. The Hall–Kier alpha value is -0.610. The number of aryl methyl sites for hydroxylation is 1. The molecule has 3 nitrogen and oxygen atoms in total. The molecule has 0 spiro atoms. The molecule has 0 amide bonds. The second-order valence-electron chi connectivity index (χ2n) is 1.40. The minimum atomic E-state index is 0.743. The van der Waals surface area contributed by atoms with Crippen LogP contribution in [0, 0.1) is 6.92 Å². The molecule has 4 heteroatoms. The van der Waals surface area contributed by atoms with Crippen molar-refractivity contribution in [2.45, 2.75) is 6.92 Å². The Bertz CT molecular complexity index is 172. The lowest BCUT2D eigenvalue weighted by Crippen LogP contribution is -2.06. The summed E-state index contributed by atoms with van der Waals surface area (Å²) in [6, 6.07) is 0. The van der Waals surface area contributed by atoms with Crippen LogP contribution in [0.2, 0.25) is 0 Å². The standard InChI is InChI=1S/C4H7N3S/c1-3-6-4(7-5)2-8-3/h2,7H,5H2,1H3. The van der Waals surface area contributed by atoms with E-state index in [9.17, 15) is 0 Å². The number of aromatic nitrogens is 1. The number of nitrogens with two attached hydrogens (primary N) is 1. The van der Waals surface area contributed by atoms with E-state index >= 15 is 0 Å². The van der Waals surface area contributed by atoms with Gasteiger partial charge in [0, 0.05) is 5.38 Å². The first-order chi connectivity index (χ1) is 3.83. The van der Waals surface area contributed by atoms with Crippen LogP contribution in [0.1, 0.15) is 5.01 Å². The summed E-state index contributed by atoms with van der Waals surface area (Å²) in [5.41, 5.74) is 2.45. The largest absolute Gasteiger partial charge is 0.308 e. The highest BCUT2D eigenvalue weighted by Crippen LogP contribution is 2.10. The van der Waals surface area contributed by atoms with E-state index < -0.39 is 0 Å². The van der Waals surface area contributed by atoms with Gasteiger partial charge in [0.05, 0.1) is 5.01 Å². The van der Waals surface area contributed by atoms with Crippen LogP contribution >= 0.6 is 11.3 Å². The van der Waals surface area contributed by atoms with E-state index in [0.29, 0.717) is 0 Å². The number of nitrogens with one attached hydrogen (secondary N) is 1. The van der Waals surface area contributed by atoms with Crippen molar-refractivity contribution in [1.29, 1.82) is 0 Å². The molecule has 1 heterocycles. The number of hydrazine groups is 1. The second kappa shape index (κ2) is 2.11. The summed E-state index contributed by atoms with van der Waals surface area (Å²) in [6.45, 7) is 1.94. The van der Waals surface area contributed by atoms with E-state index in [4.69, 9.17) is 5.84 Å². The molecular formula is C4H7N3S. The van der Waals surface area contributed by atoms with Gasteiger partial charge in [0.1, 0.15) is 0 Å². The number of anilines is 1. The van der Waals surface area contributed by atoms with Crippen LogP contribution in [0.4, 0.5) is 5.82 Å². The first-order valence-electron chi connectivity index (χ1n) is 2.21. The van der Waals surface area contributed by atoms with Crippen LogP contribution in [-0.4, -0.2) is 4.98 Å². The van der Waals surface area contributed by atoms with Crippen molar-refractivity contribution < 1.29 is 0 Å². The summed E-state index contributed by atoms with van der Waals surface area (Å²) in [5.74, 6) is 5.80. The van der Waals surface area contributed by atoms with Crippen LogP contribution < -0.4 is 11.3 Å². The number of thiazole rings is 1. The Kier molecular flexibility index (Phi) is 1.45. The first kappa shape index (κ1) is 5.53. The Balaban J connectivity index is 2.84. The van der Waals surface area contributed by atoms with E-state index in [2.05, 4.69) is 10.4 Å². The Labute approximate surface area is 51.5 Å². The van der Waals surface area contributed by atoms with Gasteiger partial charge in [0.15, 0.2) is 5.82 Å². The van der Waals surface area contributed by atoms with Gasteiger partial charge in [-0.25, -0.2) is 10.8 Å². The Morgan fingerprint density at radius 2 is 2.62 bits per heavy atom. The van der Waals surface area contributed by atoms with E-state index in [-0.39, 0.29) is 0 Å². The van der Waals surface area contributed by atoms with Crippen molar-refractivity contribution in [3.63, 3.8) is 0 Å². The third-order valence-electron chi connectivity index (χ3n) is 0.767. The molecule has 8 heavy (non-hydrogen) atoms. The smallest absolute Gasteiger partial charge is 0.151 e. The lowest BCUT2D eigenvalue weighted by molar-refractivity contribution is 1.22. The molecule has 0 fully saturated rings. The fourth-order valence-corrected chi connectivity index (χ4v) is 0.984. The summed E-state index contributed by atoms with van der Waals surface area (Å²) in [6.07, 6.45) is 0. The zero-order valence-corrected chi connectivity index (χ0v) is 5.33. The van der Waals surface area contributed by atoms with E-state index in [1.807, 2.05) is 12.3 Å². The van der Waals surface area contributed by atoms with Crippen LogP contribution in [0.3, 0.4) is 0 Å². The fraction of sp³-hybridized carbons (Fsp3) is 0.250. The highest BCUT2D eigenvalue weighted by Gasteiger charge is 1.90. The normalized spacial score (nSPS) is 9.25. The molecule has 0 radical (unpaired) electrons. The Morgan fingerprint density at radius 3 is 2.88 bits per heavy atom. The molecule has 1 aromatic heterocycles. The number of rotatable bonds is 1. The summed E-state index contributed by atoms with van der Waals surface area (Å²) < 4.78 is 0. The predicted molar refractivity (Wildman–Crippen MR) is 34.7 cm³/mol. The van der Waals surface area contributed by atoms with E-state index in [0.717, 1.165) is 10.8 Å². The molecule has 0 atom stereocenters. The second-order valence-corrected chi connectivity index (χ2v) is 2.46. The van der Waals surface area contributed by atoms with E-state index in [1.54, 1.807) is 11.3 Å². The highest BCUT2D eigenvalue weighted by atomic mass is 32.1. The minimum absolute atomic E-state index is 0.743. The molecule has 1 rings (SSSR count). The molecule has 0 aliphatic rings. The number of hydrogen-bond acceptors (Lipinski definition) is 4. The zero-order valence-electron chi connectivity index (χ0n) is 4.51. The van der Waals surface area contributed by atoms with Gasteiger partial charge in [-0.05, 0) is 6.92 Å². The molecule has 44 valence electrons. The molecule has 0 aliphatic heterocycles. The van der Waals surface area contributed by atoms with Crippen molar-refractivity contribution in [3.8, 4) is 0 Å². The van der Waals surface area contributed by atoms with Crippen LogP contribution in [0.25, 0.3) is 0 Å². The van der Waals surface area contributed by atoms with Crippen molar-refractivity contribution >= 4 is 17.2 Å². The van der Waals surface area contributed by atoms with Crippen molar-refractivity contribution in [3.05, 3.63) is 10.4 Å². The van der Waals surface area contributed by atoms with Gasteiger partial charge in [-0.2, -0.15) is 0 Å². The molecular weight excluding hydrogens is 122 g/mol. The predicted octanol–water partition coefficient (Wildman–Crippen LogP) is 0.737. The summed E-state index contributed by atoms with van der Waals surface area (Å²) in [4.78, 5) is 4.01. The van der Waals surface area contributed by atoms with Crippen molar-refractivity contribution in [2.24, 2.45) is 5.84 Å². The summed E-state index contributed by atoms with van der Waals surface area (Å²) in [5, 5.41) is 2.90. The number of hydrogen-bond donors (Lipinski definition) is 2.